The van der Waals surface area contributed by atoms with E-state index in [4.69, 9.17) is 11.6 Å². The highest BCUT2D eigenvalue weighted by Gasteiger charge is 2.15. The summed E-state index contributed by atoms with van der Waals surface area (Å²) in [7, 11) is 0. The van der Waals surface area contributed by atoms with Crippen LogP contribution in [0.4, 0.5) is 0 Å². The van der Waals surface area contributed by atoms with Crippen molar-refractivity contribution in [1.82, 2.24) is 4.98 Å². The maximum absolute atomic E-state index is 10.6. The van der Waals surface area contributed by atoms with Gasteiger partial charge in [0.25, 0.3) is 0 Å². The predicted octanol–water partition coefficient (Wildman–Crippen LogP) is 3.60. The fourth-order valence-electron chi connectivity index (χ4n) is 2.40. The Kier molecular flexibility index (Phi) is 3.47. The van der Waals surface area contributed by atoms with Gasteiger partial charge in [-0.15, -0.1) is 0 Å². The third kappa shape index (κ3) is 2.63. The van der Waals surface area contributed by atoms with Crippen molar-refractivity contribution in [3.63, 3.8) is 0 Å². The molecular formula is C12H16ClNO. The summed E-state index contributed by atoms with van der Waals surface area (Å²) >= 11 is 5.88. The van der Waals surface area contributed by atoms with E-state index < -0.39 is 0 Å². The highest BCUT2D eigenvalue weighted by molar-refractivity contribution is 6.31. The Bertz CT molecular complexity index is 339. The van der Waals surface area contributed by atoms with Crippen LogP contribution in [0, 0.1) is 5.92 Å². The average molecular weight is 226 g/mol. The van der Waals surface area contributed by atoms with Crippen molar-refractivity contribution in [2.45, 2.75) is 38.5 Å². The summed E-state index contributed by atoms with van der Waals surface area (Å²) < 4.78 is 0. The summed E-state index contributed by atoms with van der Waals surface area (Å²) in [5.74, 6) is 0.771. The number of nitrogens with one attached hydrogen (secondary N) is 1. The van der Waals surface area contributed by atoms with Crippen LogP contribution in [-0.2, 0) is 6.42 Å². The molecule has 82 valence electrons. The van der Waals surface area contributed by atoms with Crippen molar-refractivity contribution in [3.8, 4) is 0 Å². The highest BCUT2D eigenvalue weighted by atomic mass is 35.5. The van der Waals surface area contributed by atoms with Crippen molar-refractivity contribution in [1.29, 1.82) is 0 Å². The Morgan fingerprint density at radius 2 is 2.13 bits per heavy atom. The molecule has 0 spiro atoms. The van der Waals surface area contributed by atoms with Gasteiger partial charge in [-0.05, 0) is 18.4 Å². The Balaban J connectivity index is 2.00. The molecule has 0 atom stereocenters. The maximum atomic E-state index is 10.6. The molecule has 0 amide bonds. The van der Waals surface area contributed by atoms with E-state index in [0.717, 1.165) is 24.3 Å². The van der Waals surface area contributed by atoms with Crippen LogP contribution < -0.4 is 0 Å². The minimum absolute atomic E-state index is 0.482. The normalized spacial score (nSPS) is 17.9. The first-order valence-electron chi connectivity index (χ1n) is 5.62. The molecule has 0 aromatic carbocycles. The first-order valence-corrected chi connectivity index (χ1v) is 6.00. The van der Waals surface area contributed by atoms with Crippen LogP contribution in [0.2, 0.25) is 5.15 Å². The third-order valence-corrected chi connectivity index (χ3v) is 3.53. The summed E-state index contributed by atoms with van der Waals surface area (Å²) in [6, 6.07) is 1.88. The van der Waals surface area contributed by atoms with E-state index in [1.165, 1.54) is 32.1 Å². The topological polar surface area (TPSA) is 32.9 Å². The Hall–Kier alpha value is -0.760. The van der Waals surface area contributed by atoms with Gasteiger partial charge in [0.1, 0.15) is 5.15 Å². The van der Waals surface area contributed by atoms with E-state index >= 15 is 0 Å². The van der Waals surface area contributed by atoms with Gasteiger partial charge in [0.15, 0.2) is 6.29 Å². The molecule has 1 heterocycles. The lowest BCUT2D eigenvalue weighted by molar-refractivity contribution is 0.112. The van der Waals surface area contributed by atoms with E-state index in [0.29, 0.717) is 10.7 Å². The van der Waals surface area contributed by atoms with Crippen LogP contribution in [-0.4, -0.2) is 11.3 Å². The summed E-state index contributed by atoms with van der Waals surface area (Å²) in [6.45, 7) is 0. The van der Waals surface area contributed by atoms with Gasteiger partial charge >= 0.3 is 0 Å². The van der Waals surface area contributed by atoms with Crippen LogP contribution in [0.25, 0.3) is 0 Å². The average Bonchev–Trinajstić information content (AvgIpc) is 2.60. The Morgan fingerprint density at radius 3 is 2.73 bits per heavy atom. The van der Waals surface area contributed by atoms with E-state index in [1.54, 1.807) is 0 Å². The first-order chi connectivity index (χ1) is 7.29. The van der Waals surface area contributed by atoms with Gasteiger partial charge in [-0.3, -0.25) is 4.79 Å². The van der Waals surface area contributed by atoms with E-state index in [2.05, 4.69) is 4.98 Å². The fraction of sp³-hybridized carbons (Fsp3) is 0.583. The third-order valence-electron chi connectivity index (χ3n) is 3.21. The van der Waals surface area contributed by atoms with Crippen LogP contribution in [0.15, 0.2) is 6.07 Å². The molecule has 1 aromatic rings. The van der Waals surface area contributed by atoms with Crippen LogP contribution in [0.5, 0.6) is 0 Å². The van der Waals surface area contributed by atoms with Crippen LogP contribution in [0.3, 0.4) is 0 Å². The van der Waals surface area contributed by atoms with Gasteiger partial charge in [0.2, 0.25) is 0 Å². The van der Waals surface area contributed by atoms with Gasteiger partial charge < -0.3 is 4.98 Å². The van der Waals surface area contributed by atoms with E-state index in [9.17, 15) is 4.79 Å². The van der Waals surface area contributed by atoms with Crippen molar-refractivity contribution >= 4 is 17.9 Å². The number of carbonyl (C=O) groups is 1. The molecule has 1 aliphatic carbocycles. The highest BCUT2D eigenvalue weighted by Crippen LogP contribution is 2.27. The van der Waals surface area contributed by atoms with E-state index in [1.807, 2.05) is 6.07 Å². The fourth-order valence-corrected chi connectivity index (χ4v) is 2.62. The number of aromatic amines is 1. The molecule has 1 fully saturated rings. The molecule has 3 heteroatoms. The Morgan fingerprint density at radius 1 is 1.40 bits per heavy atom. The summed E-state index contributed by atoms with van der Waals surface area (Å²) in [5.41, 5.74) is 1.69. The van der Waals surface area contributed by atoms with Crippen LogP contribution in [0.1, 0.15) is 48.2 Å². The molecular weight excluding hydrogens is 210 g/mol. The monoisotopic (exact) mass is 225 g/mol. The van der Waals surface area contributed by atoms with Crippen molar-refractivity contribution < 1.29 is 4.79 Å². The lowest BCUT2D eigenvalue weighted by Crippen LogP contribution is -2.09. The lowest BCUT2D eigenvalue weighted by atomic mass is 9.86. The molecule has 1 saturated carbocycles. The van der Waals surface area contributed by atoms with Crippen molar-refractivity contribution in [3.05, 3.63) is 22.5 Å². The van der Waals surface area contributed by atoms with Gasteiger partial charge in [0, 0.05) is 5.69 Å². The quantitative estimate of drug-likeness (QED) is 0.784. The van der Waals surface area contributed by atoms with E-state index in [-0.39, 0.29) is 0 Å². The second-order valence-corrected chi connectivity index (χ2v) is 4.77. The summed E-state index contributed by atoms with van der Waals surface area (Å²) in [5, 5.41) is 0.482. The number of halogens is 1. The second kappa shape index (κ2) is 4.84. The molecule has 1 N–H and O–H groups in total. The second-order valence-electron chi connectivity index (χ2n) is 4.39. The number of rotatable bonds is 3. The SMILES string of the molecule is O=Cc1cc(CC2CCCCC2)[nH]c1Cl. The predicted molar refractivity (Wildman–Crippen MR) is 61.5 cm³/mol. The molecule has 1 aromatic heterocycles. The molecule has 2 rings (SSSR count). The molecule has 15 heavy (non-hydrogen) atoms. The maximum Gasteiger partial charge on any atom is 0.153 e. The molecule has 0 saturated heterocycles. The number of hydrogen-bond donors (Lipinski definition) is 1. The number of H-pyrrole nitrogens is 1. The van der Waals surface area contributed by atoms with Gasteiger partial charge in [-0.2, -0.15) is 0 Å². The largest absolute Gasteiger partial charge is 0.349 e. The molecule has 0 aliphatic heterocycles. The zero-order valence-electron chi connectivity index (χ0n) is 8.76. The summed E-state index contributed by atoms with van der Waals surface area (Å²) in [6.07, 6.45) is 8.54. The molecule has 0 radical (unpaired) electrons. The molecule has 0 bridgehead atoms. The van der Waals surface area contributed by atoms with Gasteiger partial charge in [-0.25, -0.2) is 0 Å². The van der Waals surface area contributed by atoms with Crippen LogP contribution >= 0.6 is 11.6 Å². The number of aromatic nitrogens is 1. The zero-order valence-corrected chi connectivity index (χ0v) is 9.52. The lowest BCUT2D eigenvalue weighted by Gasteiger charge is -2.20. The summed E-state index contributed by atoms with van der Waals surface area (Å²) in [4.78, 5) is 13.7. The zero-order chi connectivity index (χ0) is 10.7. The standard InChI is InChI=1S/C12H16ClNO/c13-12-10(8-15)7-11(14-12)6-9-4-2-1-3-5-9/h7-9,14H,1-6H2. The molecule has 1 aliphatic rings. The van der Waals surface area contributed by atoms with Gasteiger partial charge in [-0.1, -0.05) is 43.7 Å². The minimum Gasteiger partial charge on any atom is -0.349 e. The Labute approximate surface area is 95.0 Å². The van der Waals surface area contributed by atoms with Crippen molar-refractivity contribution in [2.24, 2.45) is 5.92 Å². The van der Waals surface area contributed by atoms with Crippen molar-refractivity contribution in [2.75, 3.05) is 0 Å². The van der Waals surface area contributed by atoms with Gasteiger partial charge in [0.05, 0.1) is 5.56 Å². The first kappa shape index (κ1) is 10.7. The number of hydrogen-bond acceptors (Lipinski definition) is 1. The minimum atomic E-state index is 0.482. The number of aldehydes is 1. The molecule has 2 nitrogen and oxygen atoms in total. The molecule has 0 unspecified atom stereocenters. The smallest absolute Gasteiger partial charge is 0.153 e. The number of carbonyl (C=O) groups excluding carboxylic acids is 1.